The number of rotatable bonds is 6. The number of alkyl halides is 4. The zero-order valence-electron chi connectivity index (χ0n) is 16.7. The molecule has 1 saturated heterocycles. The van der Waals surface area contributed by atoms with Crippen LogP contribution in [-0.2, 0) is 4.79 Å². The van der Waals surface area contributed by atoms with Crippen molar-refractivity contribution in [2.75, 3.05) is 30.4 Å². The highest BCUT2D eigenvalue weighted by Crippen LogP contribution is 2.31. The molecule has 1 aliphatic rings. The molecule has 1 amide bonds. The van der Waals surface area contributed by atoms with Gasteiger partial charge in [-0.3, -0.25) is 9.78 Å². The number of hydrogen-bond acceptors (Lipinski definition) is 5. The summed E-state index contributed by atoms with van der Waals surface area (Å²) in [6, 6.07) is 3.77. The second-order valence-electron chi connectivity index (χ2n) is 7.20. The first kappa shape index (κ1) is 22.9. The second kappa shape index (κ2) is 10.00. The van der Waals surface area contributed by atoms with E-state index in [0.717, 1.165) is 22.2 Å². The summed E-state index contributed by atoms with van der Waals surface area (Å²) in [6.07, 6.45) is 4.82. The van der Waals surface area contributed by atoms with Gasteiger partial charge in [-0.25, -0.2) is 4.98 Å². The van der Waals surface area contributed by atoms with Gasteiger partial charge in [0.1, 0.15) is 12.4 Å². The van der Waals surface area contributed by atoms with Crippen molar-refractivity contribution in [2.45, 2.75) is 19.0 Å². The molecule has 6 nitrogen and oxygen atoms in total. The van der Waals surface area contributed by atoms with E-state index >= 15 is 0 Å². The highest BCUT2D eigenvalue weighted by Gasteiger charge is 2.31. The summed E-state index contributed by atoms with van der Waals surface area (Å²) < 4.78 is 37.1. The van der Waals surface area contributed by atoms with Crippen molar-refractivity contribution in [3.05, 3.63) is 48.6 Å². The number of allylic oxidation sites excluding steroid dienone is 3. The number of carbonyl (C=O) groups excluding carboxylic acids is 1. The molecule has 0 spiro atoms. The molecule has 3 N–H and O–H groups in total. The zero-order chi connectivity index (χ0) is 22.4. The number of piperidine rings is 1. The lowest BCUT2D eigenvalue weighted by Gasteiger charge is -2.33. The molecule has 2 aromatic rings. The van der Waals surface area contributed by atoms with Gasteiger partial charge in [-0.15, -0.1) is 11.6 Å². The molecule has 10 heteroatoms. The van der Waals surface area contributed by atoms with Crippen LogP contribution in [0.4, 0.5) is 19.0 Å². The van der Waals surface area contributed by atoms with Gasteiger partial charge < -0.3 is 16.0 Å². The molecule has 1 aliphatic heterocycles. The Balaban J connectivity index is 1.83. The van der Waals surface area contributed by atoms with Crippen molar-refractivity contribution >= 4 is 39.7 Å². The lowest BCUT2D eigenvalue weighted by Crippen LogP contribution is -2.43. The van der Waals surface area contributed by atoms with E-state index in [1.54, 1.807) is 24.5 Å². The van der Waals surface area contributed by atoms with Gasteiger partial charge in [-0.2, -0.15) is 13.2 Å². The van der Waals surface area contributed by atoms with Crippen LogP contribution in [0.3, 0.4) is 0 Å². The molecule has 3 rings (SSSR count). The molecule has 2 aromatic heterocycles. The normalized spacial score (nSPS) is 16.3. The fourth-order valence-electron chi connectivity index (χ4n) is 3.60. The van der Waals surface area contributed by atoms with Gasteiger partial charge in [-0.05, 0) is 42.8 Å². The predicted octanol–water partition coefficient (Wildman–Crippen LogP) is 3.62. The Morgan fingerprint density at radius 3 is 2.74 bits per heavy atom. The third kappa shape index (κ3) is 5.88. The van der Waals surface area contributed by atoms with Gasteiger partial charge in [0.25, 0.3) is 0 Å². The number of carbonyl (C=O) groups is 1. The Morgan fingerprint density at radius 1 is 1.35 bits per heavy atom. The van der Waals surface area contributed by atoms with Gasteiger partial charge in [-0.1, -0.05) is 6.08 Å². The van der Waals surface area contributed by atoms with Crippen molar-refractivity contribution in [2.24, 2.45) is 11.7 Å². The van der Waals surface area contributed by atoms with E-state index in [-0.39, 0.29) is 0 Å². The zero-order valence-corrected chi connectivity index (χ0v) is 17.5. The first-order valence-corrected chi connectivity index (χ1v) is 10.3. The summed E-state index contributed by atoms with van der Waals surface area (Å²) in [5.41, 5.74) is 7.01. The largest absolute Gasteiger partial charge is 0.405 e. The van der Waals surface area contributed by atoms with Crippen molar-refractivity contribution < 1.29 is 18.0 Å². The van der Waals surface area contributed by atoms with Crippen LogP contribution >= 0.6 is 11.6 Å². The molecule has 3 heterocycles. The van der Waals surface area contributed by atoms with Gasteiger partial charge in [0.05, 0.1) is 5.69 Å². The molecular formula is C21H23ClF3N5O. The summed E-state index contributed by atoms with van der Waals surface area (Å²) in [6.45, 7) is -0.309. The number of pyridine rings is 2. The van der Waals surface area contributed by atoms with Crippen molar-refractivity contribution in [3.63, 3.8) is 0 Å². The molecule has 0 unspecified atom stereocenters. The molecule has 0 bridgehead atoms. The summed E-state index contributed by atoms with van der Waals surface area (Å²) in [7, 11) is 0. The van der Waals surface area contributed by atoms with Crippen LogP contribution < -0.4 is 16.0 Å². The molecule has 0 atom stereocenters. The quantitative estimate of drug-likeness (QED) is 0.515. The van der Waals surface area contributed by atoms with Crippen LogP contribution in [-0.4, -0.2) is 47.6 Å². The van der Waals surface area contributed by atoms with Gasteiger partial charge in [0.2, 0.25) is 5.91 Å². The lowest BCUT2D eigenvalue weighted by atomic mass is 9.95. The van der Waals surface area contributed by atoms with E-state index in [2.05, 4.69) is 4.98 Å². The lowest BCUT2D eigenvalue weighted by molar-refractivity contribution is -0.141. The smallest absolute Gasteiger partial charge is 0.405 e. The first-order valence-electron chi connectivity index (χ1n) is 9.81. The van der Waals surface area contributed by atoms with Crippen LogP contribution in [0.5, 0.6) is 0 Å². The number of nitrogens with two attached hydrogens (primary N) is 1. The monoisotopic (exact) mass is 453 g/mol. The van der Waals surface area contributed by atoms with Crippen molar-refractivity contribution in [3.8, 4) is 0 Å². The van der Waals surface area contributed by atoms with Crippen LogP contribution in [0.15, 0.2) is 42.9 Å². The van der Waals surface area contributed by atoms with E-state index in [0.29, 0.717) is 37.5 Å². The molecule has 166 valence electrons. The molecule has 0 aromatic carbocycles. The predicted molar refractivity (Wildman–Crippen MR) is 116 cm³/mol. The number of aromatic nitrogens is 2. The minimum atomic E-state index is -4.42. The van der Waals surface area contributed by atoms with Crippen molar-refractivity contribution in [1.29, 1.82) is 0 Å². The SMILES string of the molecule is N/C=C\C(=C/CCl)c1cc2cnccc2c(N2CCC(C(=O)NCC(F)(F)F)CC2)n1. The Kier molecular flexibility index (Phi) is 7.37. The summed E-state index contributed by atoms with van der Waals surface area (Å²) in [4.78, 5) is 23.1. The van der Waals surface area contributed by atoms with Gasteiger partial charge in [0, 0.05) is 48.1 Å². The van der Waals surface area contributed by atoms with Crippen molar-refractivity contribution in [1.82, 2.24) is 15.3 Å². The van der Waals surface area contributed by atoms with Gasteiger partial charge in [0.15, 0.2) is 0 Å². The number of fused-ring (bicyclic) bond motifs is 1. The van der Waals surface area contributed by atoms with Crippen LogP contribution in [0, 0.1) is 5.92 Å². The number of nitrogens with zero attached hydrogens (tertiary/aromatic N) is 3. The van der Waals surface area contributed by atoms with E-state index in [1.165, 1.54) is 6.20 Å². The minimum Gasteiger partial charge on any atom is -0.405 e. The second-order valence-corrected chi connectivity index (χ2v) is 7.50. The molecule has 0 radical (unpaired) electrons. The Hall–Kier alpha value is -2.81. The number of amides is 1. The van der Waals surface area contributed by atoms with Crippen LogP contribution in [0.1, 0.15) is 18.5 Å². The maximum Gasteiger partial charge on any atom is 0.405 e. The average Bonchev–Trinajstić information content (AvgIpc) is 2.76. The number of hydrogen-bond donors (Lipinski definition) is 2. The number of anilines is 1. The Bertz CT molecular complexity index is 985. The molecule has 1 fully saturated rings. The highest BCUT2D eigenvalue weighted by molar-refractivity contribution is 6.19. The summed E-state index contributed by atoms with van der Waals surface area (Å²) in [5, 5.41) is 3.77. The molecule has 31 heavy (non-hydrogen) atoms. The Labute approximate surface area is 183 Å². The molecule has 0 saturated carbocycles. The van der Waals surface area contributed by atoms with Crippen LogP contribution in [0.2, 0.25) is 0 Å². The topological polar surface area (TPSA) is 84.1 Å². The Morgan fingerprint density at radius 2 is 2.10 bits per heavy atom. The fourth-order valence-corrected chi connectivity index (χ4v) is 3.76. The average molecular weight is 454 g/mol. The fraction of sp³-hybridized carbons (Fsp3) is 0.381. The molecule has 0 aliphatic carbocycles. The van der Waals surface area contributed by atoms with E-state index in [1.807, 2.05) is 22.3 Å². The first-order chi connectivity index (χ1) is 14.8. The maximum absolute atomic E-state index is 12.4. The summed E-state index contributed by atoms with van der Waals surface area (Å²) >= 11 is 5.88. The van der Waals surface area contributed by atoms with E-state index in [9.17, 15) is 18.0 Å². The number of halogens is 4. The van der Waals surface area contributed by atoms with Crippen LogP contribution in [0.25, 0.3) is 16.3 Å². The summed E-state index contributed by atoms with van der Waals surface area (Å²) in [5.74, 6) is 0.00454. The van der Waals surface area contributed by atoms with Gasteiger partial charge >= 0.3 is 6.18 Å². The standard InChI is InChI=1S/C21H23ClF3N5O/c22-6-1-14(2-7-26)18-11-16-12-27-8-3-17(16)19(29-18)30-9-4-15(5-10-30)20(31)28-13-21(23,24)25/h1-3,7-8,11-12,15H,4-6,9-10,13,26H2,(H,28,31)/b7-2-,14-1+. The highest BCUT2D eigenvalue weighted by atomic mass is 35.5. The minimum absolute atomic E-state index is 0.292. The van der Waals surface area contributed by atoms with E-state index in [4.69, 9.17) is 22.3 Å². The third-order valence-corrected chi connectivity index (χ3v) is 5.26. The number of nitrogens with one attached hydrogen (secondary N) is 1. The molecular weight excluding hydrogens is 431 g/mol. The van der Waals surface area contributed by atoms with E-state index < -0.39 is 24.5 Å². The maximum atomic E-state index is 12.4. The third-order valence-electron chi connectivity index (χ3n) is 5.11.